The highest BCUT2D eigenvalue weighted by Crippen LogP contribution is 2.42. The lowest BCUT2D eigenvalue weighted by Crippen LogP contribution is -2.09. The van der Waals surface area contributed by atoms with Crippen LogP contribution in [0.4, 0.5) is 17.1 Å². The summed E-state index contributed by atoms with van der Waals surface area (Å²) < 4.78 is 0. The van der Waals surface area contributed by atoms with E-state index in [1.165, 1.54) is 10.8 Å². The molecule has 0 aliphatic rings. The molecule has 3 heterocycles. The summed E-state index contributed by atoms with van der Waals surface area (Å²) in [4.78, 5) is 17.6. The zero-order valence-corrected chi connectivity index (χ0v) is 27.6. The quantitative estimate of drug-likeness (QED) is 0.174. The lowest BCUT2D eigenvalue weighted by atomic mass is 9.92. The minimum Gasteiger partial charge on any atom is -0.310 e. The van der Waals surface area contributed by atoms with E-state index in [9.17, 15) is 0 Å². The van der Waals surface area contributed by atoms with Gasteiger partial charge in [0.15, 0.2) is 0 Å². The number of benzene rings is 7. The van der Waals surface area contributed by atoms with Crippen molar-refractivity contribution in [1.29, 1.82) is 0 Å². The van der Waals surface area contributed by atoms with Crippen LogP contribution < -0.4 is 4.90 Å². The Hall–Kier alpha value is -6.91. The zero-order valence-electron chi connectivity index (χ0n) is 27.6. The van der Waals surface area contributed by atoms with E-state index in [0.717, 1.165) is 83.1 Å². The van der Waals surface area contributed by atoms with Gasteiger partial charge in [-0.05, 0) is 59.3 Å². The van der Waals surface area contributed by atoms with Crippen molar-refractivity contribution in [2.75, 3.05) is 4.90 Å². The highest BCUT2D eigenvalue weighted by Gasteiger charge is 2.18. The van der Waals surface area contributed by atoms with Gasteiger partial charge >= 0.3 is 0 Å². The van der Waals surface area contributed by atoms with Crippen molar-refractivity contribution in [2.45, 2.75) is 0 Å². The summed E-state index contributed by atoms with van der Waals surface area (Å²) in [5.74, 6) is 0. The molecular formula is C47H30N4. The number of pyridine rings is 3. The first kappa shape index (κ1) is 29.0. The fourth-order valence-electron chi connectivity index (χ4n) is 7.50. The summed E-state index contributed by atoms with van der Waals surface area (Å²) in [5, 5.41) is 7.90. The summed E-state index contributed by atoms with van der Waals surface area (Å²) in [6.45, 7) is 0. The van der Waals surface area contributed by atoms with Gasteiger partial charge in [-0.15, -0.1) is 0 Å². The highest BCUT2D eigenvalue weighted by atomic mass is 15.1. The van der Waals surface area contributed by atoms with Crippen molar-refractivity contribution in [3.63, 3.8) is 0 Å². The largest absolute Gasteiger partial charge is 0.310 e. The molecule has 0 amide bonds. The molecule has 0 saturated heterocycles. The molecule has 0 aliphatic heterocycles. The van der Waals surface area contributed by atoms with E-state index in [4.69, 9.17) is 15.0 Å². The van der Waals surface area contributed by atoms with E-state index in [2.05, 4.69) is 175 Å². The van der Waals surface area contributed by atoms with Gasteiger partial charge in [-0.1, -0.05) is 127 Å². The molecule has 4 heteroatoms. The molecule has 3 aromatic heterocycles. The predicted molar refractivity (Wildman–Crippen MR) is 213 cm³/mol. The van der Waals surface area contributed by atoms with Crippen LogP contribution in [0.15, 0.2) is 182 Å². The van der Waals surface area contributed by atoms with E-state index < -0.39 is 0 Å². The van der Waals surface area contributed by atoms with Gasteiger partial charge in [0, 0.05) is 61.3 Å². The Morgan fingerprint density at radius 3 is 1.84 bits per heavy atom. The van der Waals surface area contributed by atoms with Gasteiger partial charge in [-0.3, -0.25) is 4.98 Å². The number of anilines is 3. The van der Waals surface area contributed by atoms with Crippen molar-refractivity contribution >= 4 is 71.3 Å². The third-order valence-electron chi connectivity index (χ3n) is 9.84. The standard InChI is InChI=1S/C47H30N4/c1-4-12-31(13-5-1)45-41-27-26-37-38(42-28-23-33-22-21-32-14-11-29-48-46(32)47(33)49-42)19-10-20-39(37)44(41)40-25-24-36(30-43(40)50-45)51(34-15-6-2-7-16-34)35-17-8-3-9-18-35/h1-30H. The Morgan fingerprint density at radius 1 is 0.412 bits per heavy atom. The smallest absolute Gasteiger partial charge is 0.0972 e. The third kappa shape index (κ3) is 4.88. The Labute approximate surface area is 294 Å². The molecular weight excluding hydrogens is 621 g/mol. The van der Waals surface area contributed by atoms with Crippen LogP contribution in [-0.4, -0.2) is 15.0 Å². The molecule has 0 N–H and O–H groups in total. The number of para-hydroxylation sites is 2. The Morgan fingerprint density at radius 2 is 1.08 bits per heavy atom. The number of fused-ring (bicyclic) bond motifs is 8. The van der Waals surface area contributed by atoms with Crippen LogP contribution in [0.1, 0.15) is 0 Å². The van der Waals surface area contributed by atoms with Crippen molar-refractivity contribution < 1.29 is 0 Å². The summed E-state index contributed by atoms with van der Waals surface area (Å²) in [6, 6.07) is 61.9. The van der Waals surface area contributed by atoms with Crippen LogP contribution in [0.2, 0.25) is 0 Å². The second-order valence-corrected chi connectivity index (χ2v) is 12.8. The van der Waals surface area contributed by atoms with Crippen LogP contribution in [0.5, 0.6) is 0 Å². The minimum absolute atomic E-state index is 0.915. The van der Waals surface area contributed by atoms with Crippen molar-refractivity contribution in [1.82, 2.24) is 15.0 Å². The molecule has 4 nitrogen and oxygen atoms in total. The fraction of sp³-hybridized carbons (Fsp3) is 0. The fourth-order valence-corrected chi connectivity index (χ4v) is 7.50. The van der Waals surface area contributed by atoms with Gasteiger partial charge in [0.2, 0.25) is 0 Å². The minimum atomic E-state index is 0.915. The van der Waals surface area contributed by atoms with E-state index in [1.54, 1.807) is 0 Å². The summed E-state index contributed by atoms with van der Waals surface area (Å²) in [5.41, 5.74) is 10.1. The Kier molecular flexibility index (Phi) is 6.78. The van der Waals surface area contributed by atoms with Gasteiger partial charge in [0.1, 0.15) is 0 Å². The second kappa shape index (κ2) is 11.9. The van der Waals surface area contributed by atoms with E-state index in [-0.39, 0.29) is 0 Å². The van der Waals surface area contributed by atoms with Crippen LogP contribution in [0.3, 0.4) is 0 Å². The Balaban J connectivity index is 1.24. The molecule has 0 fully saturated rings. The maximum atomic E-state index is 5.41. The van der Waals surface area contributed by atoms with Gasteiger partial charge < -0.3 is 4.90 Å². The first-order valence-electron chi connectivity index (χ1n) is 17.2. The molecule has 0 unspecified atom stereocenters. The monoisotopic (exact) mass is 650 g/mol. The first-order valence-corrected chi connectivity index (χ1v) is 17.2. The van der Waals surface area contributed by atoms with Gasteiger partial charge in [0.25, 0.3) is 0 Å². The third-order valence-corrected chi connectivity index (χ3v) is 9.84. The zero-order chi connectivity index (χ0) is 33.7. The average molecular weight is 651 g/mol. The summed E-state index contributed by atoms with van der Waals surface area (Å²) in [6.07, 6.45) is 1.84. The molecule has 10 rings (SSSR count). The number of rotatable bonds is 5. The van der Waals surface area contributed by atoms with Gasteiger partial charge in [-0.25, -0.2) is 9.97 Å². The van der Waals surface area contributed by atoms with Crippen molar-refractivity contribution in [3.8, 4) is 22.5 Å². The maximum absolute atomic E-state index is 5.41. The van der Waals surface area contributed by atoms with E-state index >= 15 is 0 Å². The number of aromatic nitrogens is 3. The van der Waals surface area contributed by atoms with Crippen LogP contribution >= 0.6 is 0 Å². The van der Waals surface area contributed by atoms with Crippen molar-refractivity contribution in [2.24, 2.45) is 0 Å². The highest BCUT2D eigenvalue weighted by molar-refractivity contribution is 6.24. The lowest BCUT2D eigenvalue weighted by Gasteiger charge is -2.26. The predicted octanol–water partition coefficient (Wildman–Crippen LogP) is 12.4. The molecule has 0 saturated carbocycles. The SMILES string of the molecule is c1ccc(-c2nc3cc(N(c4ccccc4)c4ccccc4)ccc3c3c2ccc2c(-c4ccc5ccc6cccnc6c5n4)cccc23)cc1. The first-order chi connectivity index (χ1) is 25.3. The number of hydrogen-bond acceptors (Lipinski definition) is 4. The van der Waals surface area contributed by atoms with Gasteiger partial charge in [0.05, 0.1) is 27.9 Å². The molecule has 0 atom stereocenters. The van der Waals surface area contributed by atoms with E-state index in [0.29, 0.717) is 0 Å². The van der Waals surface area contributed by atoms with E-state index in [1.807, 2.05) is 12.3 Å². The molecule has 51 heavy (non-hydrogen) atoms. The normalized spacial score (nSPS) is 11.5. The Bertz CT molecular complexity index is 2870. The van der Waals surface area contributed by atoms with Crippen LogP contribution in [-0.2, 0) is 0 Å². The topological polar surface area (TPSA) is 41.9 Å². The average Bonchev–Trinajstić information content (AvgIpc) is 3.21. The van der Waals surface area contributed by atoms with Crippen molar-refractivity contribution in [3.05, 3.63) is 182 Å². The summed E-state index contributed by atoms with van der Waals surface area (Å²) >= 11 is 0. The lowest BCUT2D eigenvalue weighted by molar-refractivity contribution is 1.28. The molecule has 0 aliphatic carbocycles. The molecule has 7 aromatic carbocycles. The van der Waals surface area contributed by atoms with Crippen LogP contribution in [0, 0.1) is 0 Å². The van der Waals surface area contributed by atoms with Gasteiger partial charge in [-0.2, -0.15) is 0 Å². The summed E-state index contributed by atoms with van der Waals surface area (Å²) in [7, 11) is 0. The molecule has 10 aromatic rings. The van der Waals surface area contributed by atoms with Crippen LogP contribution in [0.25, 0.3) is 76.8 Å². The molecule has 238 valence electrons. The maximum Gasteiger partial charge on any atom is 0.0972 e. The number of nitrogens with zero attached hydrogens (tertiary/aromatic N) is 4. The second-order valence-electron chi connectivity index (χ2n) is 12.8. The molecule has 0 radical (unpaired) electrons. The molecule has 0 spiro atoms. The molecule has 0 bridgehead atoms. The number of hydrogen-bond donors (Lipinski definition) is 0.